The van der Waals surface area contributed by atoms with Gasteiger partial charge in [0.15, 0.2) is 0 Å². The number of nitrogens with one attached hydrogen (secondary N) is 1. The smallest absolute Gasteiger partial charge is 0.0719 e. The minimum Gasteiger partial charge on any atom is -0.398 e. The number of anilines is 1. The Morgan fingerprint density at radius 2 is 2.14 bits per heavy atom. The maximum absolute atomic E-state index is 6.03. The van der Waals surface area contributed by atoms with Crippen molar-refractivity contribution in [3.8, 4) is 0 Å². The Kier molecular flexibility index (Phi) is 6.14. The molecule has 0 aliphatic rings. The molecule has 2 heterocycles. The third-order valence-corrected chi connectivity index (χ3v) is 4.24. The van der Waals surface area contributed by atoms with Gasteiger partial charge >= 0.3 is 0 Å². The first-order valence-corrected chi connectivity index (χ1v) is 8.43. The van der Waals surface area contributed by atoms with Gasteiger partial charge < -0.3 is 11.1 Å². The number of hydrogen-bond acceptors (Lipinski definition) is 4. The van der Waals surface area contributed by atoms with Crippen LogP contribution in [-0.4, -0.2) is 16.5 Å². The van der Waals surface area contributed by atoms with E-state index < -0.39 is 0 Å². The van der Waals surface area contributed by atoms with Crippen molar-refractivity contribution in [2.24, 2.45) is 0 Å². The summed E-state index contributed by atoms with van der Waals surface area (Å²) in [5, 5.41) is 3.53. The van der Waals surface area contributed by atoms with Crippen molar-refractivity contribution in [2.75, 3.05) is 12.3 Å². The van der Waals surface area contributed by atoms with E-state index in [1.165, 1.54) is 0 Å². The molecule has 0 spiro atoms. The monoisotopic (exact) mass is 412 g/mol. The summed E-state index contributed by atoms with van der Waals surface area (Å²) in [6, 6.07) is 3.94. The predicted molar refractivity (Wildman–Crippen MR) is 93.0 cm³/mol. The van der Waals surface area contributed by atoms with Crippen molar-refractivity contribution < 1.29 is 0 Å². The van der Waals surface area contributed by atoms with Gasteiger partial charge in [-0.05, 0) is 68.9 Å². The third-order valence-electron chi connectivity index (χ3n) is 3.17. The van der Waals surface area contributed by atoms with Crippen LogP contribution in [0.1, 0.15) is 30.6 Å². The van der Waals surface area contributed by atoms with Crippen LogP contribution in [0, 0.1) is 0 Å². The molecule has 0 saturated carbocycles. The fourth-order valence-corrected chi connectivity index (χ4v) is 3.36. The summed E-state index contributed by atoms with van der Waals surface area (Å²) in [4.78, 5) is 8.70. The molecule has 112 valence electrons. The van der Waals surface area contributed by atoms with Crippen molar-refractivity contribution in [1.29, 1.82) is 0 Å². The molecule has 0 aliphatic carbocycles. The minimum absolute atomic E-state index is 0.0962. The second-order valence-electron chi connectivity index (χ2n) is 4.81. The SMILES string of the molecule is CCCNC(Cc1cnccc1N)c1ncc(Br)cc1Br. The van der Waals surface area contributed by atoms with Crippen LogP contribution in [0.3, 0.4) is 0 Å². The van der Waals surface area contributed by atoms with E-state index in [0.717, 1.165) is 45.3 Å². The molecular weight excluding hydrogens is 396 g/mol. The molecular formula is C15H18Br2N4. The van der Waals surface area contributed by atoms with Crippen LogP contribution in [0.15, 0.2) is 39.7 Å². The predicted octanol–water partition coefficient (Wildman–Crippen LogP) is 3.87. The Bertz CT molecular complexity index is 604. The maximum Gasteiger partial charge on any atom is 0.0719 e. The minimum atomic E-state index is 0.0962. The average Bonchev–Trinajstić information content (AvgIpc) is 2.46. The lowest BCUT2D eigenvalue weighted by Gasteiger charge is -2.20. The number of halogens is 2. The summed E-state index contributed by atoms with van der Waals surface area (Å²) in [5.74, 6) is 0. The molecule has 4 nitrogen and oxygen atoms in total. The van der Waals surface area contributed by atoms with Gasteiger partial charge in [0.25, 0.3) is 0 Å². The van der Waals surface area contributed by atoms with Crippen molar-refractivity contribution in [1.82, 2.24) is 15.3 Å². The van der Waals surface area contributed by atoms with E-state index in [2.05, 4.69) is 54.1 Å². The summed E-state index contributed by atoms with van der Waals surface area (Å²) in [5.41, 5.74) is 8.81. The van der Waals surface area contributed by atoms with Crippen LogP contribution >= 0.6 is 31.9 Å². The molecule has 0 fully saturated rings. The molecule has 2 aromatic heterocycles. The molecule has 1 atom stereocenters. The van der Waals surface area contributed by atoms with E-state index >= 15 is 0 Å². The van der Waals surface area contributed by atoms with Crippen molar-refractivity contribution >= 4 is 37.5 Å². The van der Waals surface area contributed by atoms with E-state index in [-0.39, 0.29) is 6.04 Å². The lowest BCUT2D eigenvalue weighted by molar-refractivity contribution is 0.516. The van der Waals surface area contributed by atoms with Gasteiger partial charge in [-0.2, -0.15) is 0 Å². The molecule has 0 aromatic carbocycles. The van der Waals surface area contributed by atoms with E-state index in [9.17, 15) is 0 Å². The zero-order chi connectivity index (χ0) is 15.2. The molecule has 2 rings (SSSR count). The van der Waals surface area contributed by atoms with Crippen LogP contribution in [0.5, 0.6) is 0 Å². The molecule has 0 bridgehead atoms. The van der Waals surface area contributed by atoms with E-state index in [4.69, 9.17) is 5.73 Å². The van der Waals surface area contributed by atoms with E-state index in [1.54, 1.807) is 6.20 Å². The number of nitrogens with two attached hydrogens (primary N) is 1. The van der Waals surface area contributed by atoms with Crippen molar-refractivity contribution in [3.63, 3.8) is 0 Å². The first kappa shape index (κ1) is 16.4. The van der Waals surface area contributed by atoms with Crippen LogP contribution in [0.4, 0.5) is 5.69 Å². The Hall–Kier alpha value is -0.980. The number of aromatic nitrogens is 2. The van der Waals surface area contributed by atoms with Gasteiger partial charge in [-0.3, -0.25) is 9.97 Å². The van der Waals surface area contributed by atoms with E-state index in [1.807, 2.05) is 24.5 Å². The van der Waals surface area contributed by atoms with Gasteiger partial charge in [0.2, 0.25) is 0 Å². The largest absolute Gasteiger partial charge is 0.398 e. The summed E-state index contributed by atoms with van der Waals surface area (Å²) in [6.07, 6.45) is 7.16. The van der Waals surface area contributed by atoms with Gasteiger partial charge in [0.05, 0.1) is 11.7 Å². The van der Waals surface area contributed by atoms with Gasteiger partial charge in [-0.15, -0.1) is 0 Å². The zero-order valence-electron chi connectivity index (χ0n) is 11.8. The summed E-state index contributed by atoms with van der Waals surface area (Å²) in [7, 11) is 0. The average molecular weight is 414 g/mol. The highest BCUT2D eigenvalue weighted by molar-refractivity contribution is 9.11. The van der Waals surface area contributed by atoms with Crippen molar-refractivity contribution in [3.05, 3.63) is 50.9 Å². The van der Waals surface area contributed by atoms with Crippen LogP contribution < -0.4 is 11.1 Å². The Balaban J connectivity index is 2.27. The van der Waals surface area contributed by atoms with Gasteiger partial charge in [-0.25, -0.2) is 0 Å². The molecule has 1 unspecified atom stereocenters. The fraction of sp³-hybridized carbons (Fsp3) is 0.333. The lowest BCUT2D eigenvalue weighted by Crippen LogP contribution is -2.25. The number of nitrogen functional groups attached to an aromatic ring is 1. The number of rotatable bonds is 6. The number of pyridine rings is 2. The normalized spacial score (nSPS) is 12.3. The molecule has 0 saturated heterocycles. The van der Waals surface area contributed by atoms with Crippen molar-refractivity contribution in [2.45, 2.75) is 25.8 Å². The van der Waals surface area contributed by atoms with Crippen LogP contribution in [0.25, 0.3) is 0 Å². The quantitative estimate of drug-likeness (QED) is 0.754. The van der Waals surface area contributed by atoms with Crippen LogP contribution in [0.2, 0.25) is 0 Å². The highest BCUT2D eigenvalue weighted by atomic mass is 79.9. The molecule has 0 radical (unpaired) electrons. The molecule has 2 aromatic rings. The third kappa shape index (κ3) is 4.49. The summed E-state index contributed by atoms with van der Waals surface area (Å²) in [6.45, 7) is 3.07. The molecule has 6 heteroatoms. The molecule has 21 heavy (non-hydrogen) atoms. The first-order chi connectivity index (χ1) is 10.1. The zero-order valence-corrected chi connectivity index (χ0v) is 15.0. The second-order valence-corrected chi connectivity index (χ2v) is 6.58. The number of hydrogen-bond donors (Lipinski definition) is 2. The van der Waals surface area contributed by atoms with E-state index in [0.29, 0.717) is 0 Å². The van der Waals surface area contributed by atoms with Gasteiger partial charge in [0.1, 0.15) is 0 Å². The highest BCUT2D eigenvalue weighted by Gasteiger charge is 2.17. The lowest BCUT2D eigenvalue weighted by atomic mass is 10.0. The first-order valence-electron chi connectivity index (χ1n) is 6.84. The van der Waals surface area contributed by atoms with Gasteiger partial charge in [-0.1, -0.05) is 6.92 Å². The molecule has 0 aliphatic heterocycles. The fourth-order valence-electron chi connectivity index (χ4n) is 2.09. The Morgan fingerprint density at radius 1 is 1.33 bits per heavy atom. The molecule has 3 N–H and O–H groups in total. The highest BCUT2D eigenvalue weighted by Crippen LogP contribution is 2.27. The summed E-state index contributed by atoms with van der Waals surface area (Å²) < 4.78 is 1.93. The standard InChI is InChI=1S/C15H18Br2N4/c1-2-4-20-14(6-10-8-19-5-3-13(10)18)15-12(17)7-11(16)9-21-15/h3,5,7-9,14,20H,2,4,6H2,1H3,(H2,18,19). The topological polar surface area (TPSA) is 63.8 Å². The second kappa shape index (κ2) is 7.87. The maximum atomic E-state index is 6.03. The Morgan fingerprint density at radius 3 is 2.81 bits per heavy atom. The molecule has 0 amide bonds. The Labute approximate surface area is 141 Å². The van der Waals surface area contributed by atoms with Crippen LogP contribution in [-0.2, 0) is 6.42 Å². The summed E-state index contributed by atoms with van der Waals surface area (Å²) >= 11 is 7.03. The number of nitrogens with zero attached hydrogens (tertiary/aromatic N) is 2. The van der Waals surface area contributed by atoms with Gasteiger partial charge in [0, 0.05) is 33.2 Å².